The monoisotopic (exact) mass is 415 g/mol. The minimum absolute atomic E-state index is 0.0966. The number of anilines is 1. The first kappa shape index (κ1) is 21.5. The number of nitrogens with zero attached hydrogens (tertiary/aromatic N) is 4. The Morgan fingerprint density at radius 2 is 1.93 bits per heavy atom. The molecule has 0 aromatic carbocycles. The van der Waals surface area contributed by atoms with E-state index < -0.39 is 0 Å². The van der Waals surface area contributed by atoms with Crippen LogP contribution in [0.15, 0.2) is 18.2 Å². The molecular weight excluding hydrogens is 378 g/mol. The summed E-state index contributed by atoms with van der Waals surface area (Å²) in [7, 11) is 0. The Morgan fingerprint density at radius 3 is 2.67 bits per heavy atom. The minimum Gasteiger partial charge on any atom is -0.379 e. The molecule has 1 aromatic rings. The number of pyridine rings is 1. The molecule has 30 heavy (non-hydrogen) atoms. The smallest absolute Gasteiger partial charge is 0.270 e. The van der Waals surface area contributed by atoms with Crippen molar-refractivity contribution in [2.24, 2.45) is 0 Å². The summed E-state index contributed by atoms with van der Waals surface area (Å²) in [5, 5.41) is 3.04. The number of piperidine rings is 1. The molecule has 0 saturated carbocycles. The van der Waals surface area contributed by atoms with Crippen LogP contribution in [0.3, 0.4) is 0 Å². The SMILES string of the molecule is CC(C)N1CCC(N2CCCN(c3cccc(C(=O)N[C@@H]4CCOC4)n3)CC2)CC1. The summed E-state index contributed by atoms with van der Waals surface area (Å²) in [6.07, 6.45) is 4.57. The van der Waals surface area contributed by atoms with Crippen molar-refractivity contribution in [2.75, 3.05) is 57.4 Å². The van der Waals surface area contributed by atoms with E-state index in [0.29, 0.717) is 24.4 Å². The summed E-state index contributed by atoms with van der Waals surface area (Å²) in [4.78, 5) is 24.9. The van der Waals surface area contributed by atoms with Gasteiger partial charge in [-0.1, -0.05) is 6.07 Å². The highest BCUT2D eigenvalue weighted by Crippen LogP contribution is 2.21. The number of carbonyl (C=O) groups excluding carboxylic acids is 1. The third kappa shape index (κ3) is 5.31. The Balaban J connectivity index is 1.32. The van der Waals surface area contributed by atoms with Gasteiger partial charge in [0.1, 0.15) is 11.5 Å². The molecule has 0 bridgehead atoms. The van der Waals surface area contributed by atoms with Gasteiger partial charge in [0.15, 0.2) is 0 Å². The van der Waals surface area contributed by atoms with Crippen LogP contribution < -0.4 is 10.2 Å². The van der Waals surface area contributed by atoms with Gasteiger partial charge < -0.3 is 19.9 Å². The number of nitrogens with one attached hydrogen (secondary N) is 1. The molecule has 0 spiro atoms. The molecule has 1 aromatic heterocycles. The molecule has 7 heteroatoms. The number of hydrogen-bond acceptors (Lipinski definition) is 6. The number of carbonyl (C=O) groups is 1. The van der Waals surface area contributed by atoms with Gasteiger partial charge in [-0.05, 0) is 64.8 Å². The number of amides is 1. The lowest BCUT2D eigenvalue weighted by molar-refractivity contribution is 0.0925. The van der Waals surface area contributed by atoms with E-state index in [4.69, 9.17) is 9.72 Å². The third-order valence-corrected chi connectivity index (χ3v) is 6.83. The quantitative estimate of drug-likeness (QED) is 0.794. The second kappa shape index (κ2) is 10.1. The van der Waals surface area contributed by atoms with Gasteiger partial charge in [0, 0.05) is 44.9 Å². The zero-order valence-corrected chi connectivity index (χ0v) is 18.6. The van der Waals surface area contributed by atoms with Crippen LogP contribution in [0.25, 0.3) is 0 Å². The van der Waals surface area contributed by atoms with E-state index in [2.05, 4.69) is 33.9 Å². The third-order valence-electron chi connectivity index (χ3n) is 6.83. The van der Waals surface area contributed by atoms with Gasteiger partial charge in [-0.15, -0.1) is 0 Å². The molecule has 3 saturated heterocycles. The highest BCUT2D eigenvalue weighted by Gasteiger charge is 2.27. The fourth-order valence-electron chi connectivity index (χ4n) is 4.93. The number of ether oxygens (including phenoxy) is 1. The van der Waals surface area contributed by atoms with Crippen LogP contribution in [-0.4, -0.2) is 91.3 Å². The van der Waals surface area contributed by atoms with E-state index in [-0.39, 0.29) is 11.9 Å². The van der Waals surface area contributed by atoms with Crippen molar-refractivity contribution in [1.82, 2.24) is 20.1 Å². The van der Waals surface area contributed by atoms with E-state index in [1.54, 1.807) is 6.07 Å². The first-order valence-corrected chi connectivity index (χ1v) is 11.7. The van der Waals surface area contributed by atoms with Crippen LogP contribution in [0.2, 0.25) is 0 Å². The molecule has 7 nitrogen and oxygen atoms in total. The van der Waals surface area contributed by atoms with Crippen LogP contribution >= 0.6 is 0 Å². The van der Waals surface area contributed by atoms with Crippen LogP contribution in [-0.2, 0) is 4.74 Å². The molecule has 0 unspecified atom stereocenters. The second-order valence-corrected chi connectivity index (χ2v) is 9.15. The lowest BCUT2D eigenvalue weighted by Crippen LogP contribution is -2.47. The highest BCUT2D eigenvalue weighted by atomic mass is 16.5. The van der Waals surface area contributed by atoms with Gasteiger partial charge in [0.05, 0.1) is 12.6 Å². The molecule has 1 N–H and O–H groups in total. The van der Waals surface area contributed by atoms with Gasteiger partial charge in [0.2, 0.25) is 0 Å². The molecule has 1 atom stereocenters. The first-order valence-electron chi connectivity index (χ1n) is 11.7. The molecule has 4 rings (SSSR count). The van der Waals surface area contributed by atoms with Crippen LogP contribution in [0.1, 0.15) is 50.0 Å². The molecule has 1 amide bonds. The first-order chi connectivity index (χ1) is 14.6. The van der Waals surface area contributed by atoms with Gasteiger partial charge in [-0.25, -0.2) is 4.98 Å². The zero-order chi connectivity index (χ0) is 20.9. The van der Waals surface area contributed by atoms with Crippen LogP contribution in [0.4, 0.5) is 5.82 Å². The molecule has 3 fully saturated rings. The molecule has 3 aliphatic rings. The van der Waals surface area contributed by atoms with E-state index in [9.17, 15) is 4.79 Å². The van der Waals surface area contributed by atoms with Crippen molar-refractivity contribution in [3.63, 3.8) is 0 Å². The van der Waals surface area contributed by atoms with E-state index >= 15 is 0 Å². The molecule has 166 valence electrons. The minimum atomic E-state index is -0.0966. The molecule has 3 aliphatic heterocycles. The van der Waals surface area contributed by atoms with E-state index in [0.717, 1.165) is 51.4 Å². The maximum atomic E-state index is 12.6. The maximum absolute atomic E-state index is 12.6. The normalized spacial score (nSPS) is 24.9. The van der Waals surface area contributed by atoms with Crippen molar-refractivity contribution < 1.29 is 9.53 Å². The van der Waals surface area contributed by atoms with Crippen molar-refractivity contribution in [2.45, 2.75) is 57.7 Å². The van der Waals surface area contributed by atoms with Gasteiger partial charge in [-0.2, -0.15) is 0 Å². The summed E-state index contributed by atoms with van der Waals surface area (Å²) in [5.74, 6) is 0.822. The van der Waals surface area contributed by atoms with Crippen molar-refractivity contribution in [3.8, 4) is 0 Å². The molecule has 0 radical (unpaired) electrons. The largest absolute Gasteiger partial charge is 0.379 e. The van der Waals surface area contributed by atoms with Crippen molar-refractivity contribution in [3.05, 3.63) is 23.9 Å². The predicted molar refractivity (Wildman–Crippen MR) is 119 cm³/mol. The van der Waals surface area contributed by atoms with Crippen molar-refractivity contribution in [1.29, 1.82) is 0 Å². The Labute approximate surface area is 180 Å². The lowest BCUT2D eigenvalue weighted by Gasteiger charge is -2.39. The maximum Gasteiger partial charge on any atom is 0.270 e. The Kier molecular flexibility index (Phi) is 7.23. The molecule has 0 aliphatic carbocycles. The fraction of sp³-hybridized carbons (Fsp3) is 0.739. The number of aromatic nitrogens is 1. The summed E-state index contributed by atoms with van der Waals surface area (Å²) in [6.45, 7) is 12.5. The van der Waals surface area contributed by atoms with Gasteiger partial charge >= 0.3 is 0 Å². The number of likely N-dealkylation sites (tertiary alicyclic amines) is 1. The second-order valence-electron chi connectivity index (χ2n) is 9.15. The van der Waals surface area contributed by atoms with Gasteiger partial charge in [-0.3, -0.25) is 9.69 Å². The summed E-state index contributed by atoms with van der Waals surface area (Å²) in [5.41, 5.74) is 0.501. The predicted octanol–water partition coefficient (Wildman–Crippen LogP) is 1.99. The fourth-order valence-corrected chi connectivity index (χ4v) is 4.93. The Hall–Kier alpha value is -1.70. The molecular formula is C23H37N5O2. The molecule has 4 heterocycles. The van der Waals surface area contributed by atoms with Crippen LogP contribution in [0.5, 0.6) is 0 Å². The summed E-state index contributed by atoms with van der Waals surface area (Å²) in [6, 6.07) is 7.26. The van der Waals surface area contributed by atoms with E-state index in [1.165, 1.54) is 25.9 Å². The zero-order valence-electron chi connectivity index (χ0n) is 18.6. The Bertz CT molecular complexity index is 699. The summed E-state index contributed by atoms with van der Waals surface area (Å²) < 4.78 is 5.35. The average Bonchev–Trinajstić information content (AvgIpc) is 3.15. The van der Waals surface area contributed by atoms with Crippen LogP contribution in [0, 0.1) is 0 Å². The van der Waals surface area contributed by atoms with Gasteiger partial charge in [0.25, 0.3) is 5.91 Å². The lowest BCUT2D eigenvalue weighted by atomic mass is 10.0. The van der Waals surface area contributed by atoms with Crippen molar-refractivity contribution >= 4 is 11.7 Å². The number of rotatable bonds is 5. The standard InChI is InChI=1S/C23H37N5O2/c1-18(2)26-12-7-20(8-13-26)27-10-4-11-28(15-14-27)22-6-3-5-21(25-22)23(29)24-19-9-16-30-17-19/h3,5-6,18-20H,4,7-17H2,1-2H3,(H,24,29)/t19-/m1/s1. The topological polar surface area (TPSA) is 60.9 Å². The van der Waals surface area contributed by atoms with E-state index in [1.807, 2.05) is 12.1 Å². The summed E-state index contributed by atoms with van der Waals surface area (Å²) >= 11 is 0. The average molecular weight is 416 g/mol. The number of hydrogen-bond donors (Lipinski definition) is 1. The highest BCUT2D eigenvalue weighted by molar-refractivity contribution is 5.92. The Morgan fingerprint density at radius 1 is 1.10 bits per heavy atom.